The molecule has 1 saturated carbocycles. The molecule has 1 aliphatic carbocycles. The van der Waals surface area contributed by atoms with Gasteiger partial charge in [0, 0.05) is 5.92 Å². The van der Waals surface area contributed by atoms with E-state index in [1.54, 1.807) is 7.11 Å². The number of benzene rings is 1. The van der Waals surface area contributed by atoms with Crippen molar-refractivity contribution in [3.8, 4) is 11.4 Å². The van der Waals surface area contributed by atoms with Crippen molar-refractivity contribution >= 4 is 11.6 Å². The molecule has 3 rings (SSSR count). The first-order valence-electron chi connectivity index (χ1n) is 5.96. The van der Waals surface area contributed by atoms with E-state index in [1.165, 1.54) is 12.8 Å². The highest BCUT2D eigenvalue weighted by atomic mass is 35.5. The van der Waals surface area contributed by atoms with Gasteiger partial charge in [-0.15, -0.1) is 10.2 Å². The smallest absolute Gasteiger partial charge is 0.229 e. The predicted octanol–water partition coefficient (Wildman–Crippen LogP) is 3.12. The summed E-state index contributed by atoms with van der Waals surface area (Å²) < 4.78 is 7.19. The van der Waals surface area contributed by atoms with E-state index in [-0.39, 0.29) is 0 Å². The van der Waals surface area contributed by atoms with E-state index in [9.17, 15) is 0 Å². The quantitative estimate of drug-likeness (QED) is 0.854. The van der Waals surface area contributed by atoms with Gasteiger partial charge in [0.2, 0.25) is 5.28 Å². The molecule has 0 N–H and O–H groups in total. The second kappa shape index (κ2) is 4.28. The van der Waals surface area contributed by atoms with Crippen LogP contribution in [0, 0.1) is 6.92 Å². The first-order chi connectivity index (χ1) is 8.70. The van der Waals surface area contributed by atoms with Crippen LogP contribution >= 0.6 is 11.6 Å². The summed E-state index contributed by atoms with van der Waals surface area (Å²) >= 11 is 6.14. The summed E-state index contributed by atoms with van der Waals surface area (Å²) in [5.41, 5.74) is 2.06. The van der Waals surface area contributed by atoms with Crippen LogP contribution in [0.15, 0.2) is 18.2 Å². The van der Waals surface area contributed by atoms with E-state index in [4.69, 9.17) is 16.3 Å². The highest BCUT2D eigenvalue weighted by Crippen LogP contribution is 2.40. The fourth-order valence-corrected chi connectivity index (χ4v) is 2.34. The lowest BCUT2D eigenvalue weighted by atomic mass is 10.2. The van der Waals surface area contributed by atoms with Crippen molar-refractivity contribution < 1.29 is 4.74 Å². The van der Waals surface area contributed by atoms with Crippen molar-refractivity contribution in [2.75, 3.05) is 7.11 Å². The molecule has 0 spiro atoms. The average Bonchev–Trinajstić information content (AvgIpc) is 3.13. The minimum Gasteiger partial charge on any atom is -0.496 e. The molecular formula is C13H14ClN3O. The summed E-state index contributed by atoms with van der Waals surface area (Å²) in [5, 5.41) is 8.57. The summed E-state index contributed by atoms with van der Waals surface area (Å²) in [7, 11) is 1.67. The van der Waals surface area contributed by atoms with Gasteiger partial charge in [0.25, 0.3) is 0 Å². The van der Waals surface area contributed by atoms with Crippen LogP contribution in [0.4, 0.5) is 0 Å². The molecule has 0 unspecified atom stereocenters. The van der Waals surface area contributed by atoms with Crippen LogP contribution in [0.25, 0.3) is 5.69 Å². The van der Waals surface area contributed by atoms with E-state index >= 15 is 0 Å². The van der Waals surface area contributed by atoms with Crippen LogP contribution < -0.4 is 4.74 Å². The fourth-order valence-electron chi connectivity index (χ4n) is 2.12. The van der Waals surface area contributed by atoms with E-state index in [0.717, 1.165) is 22.8 Å². The van der Waals surface area contributed by atoms with Crippen LogP contribution in [0.1, 0.15) is 30.1 Å². The van der Waals surface area contributed by atoms with Crippen molar-refractivity contribution in [2.24, 2.45) is 0 Å². The number of ether oxygens (including phenoxy) is 1. The number of nitrogens with zero attached hydrogens (tertiary/aromatic N) is 3. The van der Waals surface area contributed by atoms with Crippen molar-refractivity contribution in [2.45, 2.75) is 25.7 Å². The Balaban J connectivity index is 2.09. The van der Waals surface area contributed by atoms with E-state index in [1.807, 2.05) is 29.7 Å². The van der Waals surface area contributed by atoms with Gasteiger partial charge in [0.1, 0.15) is 11.6 Å². The first-order valence-corrected chi connectivity index (χ1v) is 6.34. The van der Waals surface area contributed by atoms with Gasteiger partial charge < -0.3 is 4.74 Å². The second-order valence-electron chi connectivity index (χ2n) is 4.59. The Labute approximate surface area is 111 Å². The molecule has 1 heterocycles. The van der Waals surface area contributed by atoms with Gasteiger partial charge in [-0.1, -0.05) is 0 Å². The minimum atomic E-state index is 0.418. The molecule has 4 nitrogen and oxygen atoms in total. The molecule has 2 aromatic rings. The number of halogens is 1. The Morgan fingerprint density at radius 2 is 2.11 bits per heavy atom. The van der Waals surface area contributed by atoms with Crippen molar-refractivity contribution in [3.63, 3.8) is 0 Å². The topological polar surface area (TPSA) is 39.9 Å². The van der Waals surface area contributed by atoms with Gasteiger partial charge in [0.15, 0.2) is 0 Å². The van der Waals surface area contributed by atoms with Gasteiger partial charge in [-0.25, -0.2) is 0 Å². The van der Waals surface area contributed by atoms with E-state index in [2.05, 4.69) is 10.2 Å². The number of methoxy groups -OCH3 is 1. The molecule has 94 valence electrons. The van der Waals surface area contributed by atoms with E-state index in [0.29, 0.717) is 11.2 Å². The van der Waals surface area contributed by atoms with Crippen molar-refractivity contribution in [1.82, 2.24) is 14.8 Å². The molecule has 1 aromatic heterocycles. The number of rotatable bonds is 3. The van der Waals surface area contributed by atoms with Crippen LogP contribution in [-0.4, -0.2) is 21.9 Å². The lowest BCUT2D eigenvalue weighted by Crippen LogP contribution is -2.01. The maximum absolute atomic E-state index is 6.14. The molecule has 0 aliphatic heterocycles. The van der Waals surface area contributed by atoms with Gasteiger partial charge in [-0.3, -0.25) is 4.57 Å². The number of aromatic nitrogens is 3. The van der Waals surface area contributed by atoms with Gasteiger partial charge in [0.05, 0.1) is 12.8 Å². The van der Waals surface area contributed by atoms with Crippen LogP contribution in [0.3, 0.4) is 0 Å². The maximum atomic E-state index is 6.14. The molecule has 0 bridgehead atoms. The summed E-state index contributed by atoms with van der Waals surface area (Å²) in [4.78, 5) is 0. The summed E-state index contributed by atoms with van der Waals surface area (Å²) in [6, 6.07) is 5.96. The first kappa shape index (κ1) is 11.5. The Hall–Kier alpha value is -1.55. The largest absolute Gasteiger partial charge is 0.496 e. The van der Waals surface area contributed by atoms with Gasteiger partial charge >= 0.3 is 0 Å². The highest BCUT2D eigenvalue weighted by Gasteiger charge is 2.30. The molecule has 0 atom stereocenters. The molecular weight excluding hydrogens is 250 g/mol. The molecule has 5 heteroatoms. The third kappa shape index (κ3) is 1.86. The summed E-state index contributed by atoms with van der Waals surface area (Å²) in [6.07, 6.45) is 2.34. The third-order valence-electron chi connectivity index (χ3n) is 3.23. The number of hydrogen-bond acceptors (Lipinski definition) is 3. The van der Waals surface area contributed by atoms with Crippen molar-refractivity contribution in [3.05, 3.63) is 34.9 Å². The zero-order chi connectivity index (χ0) is 12.7. The Morgan fingerprint density at radius 1 is 1.33 bits per heavy atom. The molecule has 0 radical (unpaired) electrons. The van der Waals surface area contributed by atoms with E-state index < -0.39 is 0 Å². The number of hydrogen-bond donors (Lipinski definition) is 0. The lowest BCUT2D eigenvalue weighted by Gasteiger charge is -2.10. The SMILES string of the molecule is COc1ccc(-n2c(Cl)nnc2C2CC2)cc1C. The lowest BCUT2D eigenvalue weighted by molar-refractivity contribution is 0.411. The zero-order valence-electron chi connectivity index (χ0n) is 10.4. The van der Waals surface area contributed by atoms with Gasteiger partial charge in [-0.2, -0.15) is 0 Å². The maximum Gasteiger partial charge on any atom is 0.229 e. The van der Waals surface area contributed by atoms with Crippen molar-refractivity contribution in [1.29, 1.82) is 0 Å². The highest BCUT2D eigenvalue weighted by molar-refractivity contribution is 6.28. The number of aryl methyl sites for hydroxylation is 1. The minimum absolute atomic E-state index is 0.418. The molecule has 0 saturated heterocycles. The molecule has 1 fully saturated rings. The molecule has 0 amide bonds. The molecule has 1 aliphatic rings. The van der Waals surface area contributed by atoms with Crippen LogP contribution in [0.2, 0.25) is 5.28 Å². The Morgan fingerprint density at radius 3 is 2.72 bits per heavy atom. The zero-order valence-corrected chi connectivity index (χ0v) is 11.1. The standard InChI is InChI=1S/C13H14ClN3O/c1-8-7-10(5-6-11(8)18-2)17-12(9-3-4-9)15-16-13(17)14/h5-7,9H,3-4H2,1-2H3. The van der Waals surface area contributed by atoms with Gasteiger partial charge in [-0.05, 0) is 55.1 Å². The fraction of sp³-hybridized carbons (Fsp3) is 0.385. The third-order valence-corrected chi connectivity index (χ3v) is 3.47. The predicted molar refractivity (Wildman–Crippen MR) is 69.6 cm³/mol. The average molecular weight is 264 g/mol. The van der Waals surface area contributed by atoms with Crippen LogP contribution in [0.5, 0.6) is 5.75 Å². The molecule has 1 aromatic carbocycles. The Bertz CT molecular complexity index is 590. The summed E-state index contributed by atoms with van der Waals surface area (Å²) in [5.74, 6) is 2.34. The summed E-state index contributed by atoms with van der Waals surface area (Å²) in [6.45, 7) is 2.01. The van der Waals surface area contributed by atoms with Crippen LogP contribution in [-0.2, 0) is 0 Å². The normalized spacial score (nSPS) is 14.8. The molecule has 18 heavy (non-hydrogen) atoms. The Kier molecular flexibility index (Phi) is 2.74. The second-order valence-corrected chi connectivity index (χ2v) is 4.93. The monoisotopic (exact) mass is 263 g/mol.